The van der Waals surface area contributed by atoms with Crippen molar-refractivity contribution in [1.82, 2.24) is 0 Å². The highest BCUT2D eigenvalue weighted by atomic mass is 79.9. The van der Waals surface area contributed by atoms with Crippen molar-refractivity contribution < 1.29 is 13.5 Å². The number of hydrogen-bond donors (Lipinski definition) is 0. The highest BCUT2D eigenvalue weighted by Crippen LogP contribution is 2.56. The summed E-state index contributed by atoms with van der Waals surface area (Å²) in [7, 11) is 0. The minimum Gasteiger partial charge on any atom is -0.359 e. The summed E-state index contributed by atoms with van der Waals surface area (Å²) in [5.74, 6) is -0.528. The van der Waals surface area contributed by atoms with Gasteiger partial charge in [0.2, 0.25) is 0 Å². The van der Waals surface area contributed by atoms with Crippen LogP contribution < -0.4 is 0 Å². The number of hydrogen-bond acceptors (Lipinski definition) is 1. The molecule has 4 rings (SSSR count). The predicted molar refractivity (Wildman–Crippen MR) is 100 cm³/mol. The summed E-state index contributed by atoms with van der Waals surface area (Å²) in [6, 6.07) is 10.2. The molecule has 2 aromatic carbocycles. The third-order valence-electron chi connectivity index (χ3n) is 5.56. The van der Waals surface area contributed by atoms with Crippen molar-refractivity contribution in [1.29, 1.82) is 0 Å². The molecule has 0 spiro atoms. The molecular formula is C20H18Br2F2O. The van der Waals surface area contributed by atoms with E-state index in [1.165, 1.54) is 12.1 Å². The first-order chi connectivity index (χ1) is 11.9. The normalized spacial score (nSPS) is 20.6. The molecule has 2 fully saturated rings. The zero-order valence-corrected chi connectivity index (χ0v) is 16.8. The van der Waals surface area contributed by atoms with Crippen LogP contribution in [0.1, 0.15) is 49.7 Å². The van der Waals surface area contributed by atoms with Gasteiger partial charge in [-0.1, -0.05) is 44.0 Å². The Hall–Kier alpha value is -0.780. The minimum atomic E-state index is -0.648. The molecule has 0 N–H and O–H groups in total. The maximum atomic E-state index is 14.6. The van der Waals surface area contributed by atoms with Gasteiger partial charge in [-0.2, -0.15) is 0 Å². The molecule has 2 saturated carbocycles. The van der Waals surface area contributed by atoms with Crippen LogP contribution in [0.3, 0.4) is 0 Å². The molecule has 0 radical (unpaired) electrons. The fourth-order valence-electron chi connectivity index (χ4n) is 3.94. The third kappa shape index (κ3) is 2.98. The van der Waals surface area contributed by atoms with Crippen molar-refractivity contribution in [2.45, 2.75) is 49.7 Å². The zero-order chi connectivity index (χ0) is 17.7. The quantitative estimate of drug-likeness (QED) is 0.468. The van der Waals surface area contributed by atoms with E-state index in [0.717, 1.165) is 38.5 Å². The lowest BCUT2D eigenvalue weighted by Crippen LogP contribution is -2.49. The maximum absolute atomic E-state index is 14.6. The van der Waals surface area contributed by atoms with E-state index in [2.05, 4.69) is 31.9 Å². The van der Waals surface area contributed by atoms with Gasteiger partial charge in [0.25, 0.3) is 0 Å². The monoisotopic (exact) mass is 470 g/mol. The second-order valence-electron chi connectivity index (χ2n) is 7.05. The number of ether oxygens (including phenoxy) is 1. The van der Waals surface area contributed by atoms with Gasteiger partial charge < -0.3 is 4.74 Å². The van der Waals surface area contributed by atoms with Crippen LogP contribution in [-0.4, -0.2) is 0 Å². The largest absolute Gasteiger partial charge is 0.359 e. The van der Waals surface area contributed by atoms with Gasteiger partial charge in [0, 0.05) is 20.1 Å². The molecule has 2 aliphatic rings. The van der Waals surface area contributed by atoms with Crippen LogP contribution >= 0.6 is 31.9 Å². The Labute approximate surface area is 163 Å². The Balaban J connectivity index is 1.72. The first-order valence-electron chi connectivity index (χ1n) is 8.55. The van der Waals surface area contributed by atoms with Crippen LogP contribution in [0, 0.1) is 11.6 Å². The number of rotatable bonds is 4. The van der Waals surface area contributed by atoms with E-state index in [4.69, 9.17) is 4.74 Å². The fourth-order valence-corrected chi connectivity index (χ4v) is 4.61. The van der Waals surface area contributed by atoms with Gasteiger partial charge in [-0.05, 0) is 62.8 Å². The topological polar surface area (TPSA) is 9.23 Å². The smallest absolute Gasteiger partial charge is 0.130 e. The molecule has 132 valence electrons. The molecular weight excluding hydrogens is 454 g/mol. The van der Waals surface area contributed by atoms with Gasteiger partial charge in [0.1, 0.15) is 11.6 Å². The van der Waals surface area contributed by atoms with E-state index in [-0.39, 0.29) is 11.6 Å². The average molecular weight is 472 g/mol. The highest BCUT2D eigenvalue weighted by Gasteiger charge is 2.52. The van der Waals surface area contributed by atoms with Gasteiger partial charge in [0.05, 0.1) is 11.2 Å². The molecule has 0 atom stereocenters. The van der Waals surface area contributed by atoms with Crippen molar-refractivity contribution in [3.8, 4) is 0 Å². The summed E-state index contributed by atoms with van der Waals surface area (Å²) in [4.78, 5) is 0. The molecule has 0 aliphatic heterocycles. The summed E-state index contributed by atoms with van der Waals surface area (Å²) >= 11 is 6.61. The summed E-state index contributed by atoms with van der Waals surface area (Å²) in [6.07, 6.45) is 5.07. The van der Waals surface area contributed by atoms with Crippen LogP contribution in [-0.2, 0) is 15.9 Å². The molecule has 0 unspecified atom stereocenters. The van der Waals surface area contributed by atoms with Gasteiger partial charge in [-0.15, -0.1) is 0 Å². The summed E-state index contributed by atoms with van der Waals surface area (Å²) in [6.45, 7) is 0. The van der Waals surface area contributed by atoms with Gasteiger partial charge in [-0.25, -0.2) is 8.78 Å². The number of halogens is 4. The molecule has 0 saturated heterocycles. The Bertz CT molecular complexity index is 746. The molecule has 5 heteroatoms. The Morgan fingerprint density at radius 3 is 1.40 bits per heavy atom. The Morgan fingerprint density at radius 2 is 1.12 bits per heavy atom. The maximum Gasteiger partial charge on any atom is 0.130 e. The molecule has 1 nitrogen and oxygen atoms in total. The standard InChI is InChI=1S/C20H18Br2F2O/c21-13-3-5-15(17(23)11-13)19(7-1-8-19)25-20(9-2-10-20)16-6-4-14(22)12-18(16)24/h3-6,11-12H,1-2,7-10H2. The lowest BCUT2D eigenvalue weighted by atomic mass is 9.70. The van der Waals surface area contributed by atoms with Crippen LogP contribution in [0.5, 0.6) is 0 Å². The summed E-state index contributed by atoms with van der Waals surface area (Å²) in [5, 5.41) is 0. The average Bonchev–Trinajstić information content (AvgIpc) is 2.47. The van der Waals surface area contributed by atoms with Gasteiger partial charge in [-0.3, -0.25) is 0 Å². The van der Waals surface area contributed by atoms with E-state index in [1.807, 2.05) is 12.1 Å². The van der Waals surface area contributed by atoms with Crippen LogP contribution in [0.25, 0.3) is 0 Å². The Kier molecular flexibility index (Phi) is 4.53. The fraction of sp³-hybridized carbons (Fsp3) is 0.400. The van der Waals surface area contributed by atoms with Crippen LogP contribution in [0.4, 0.5) is 8.78 Å². The van der Waals surface area contributed by atoms with E-state index >= 15 is 0 Å². The van der Waals surface area contributed by atoms with Crippen molar-refractivity contribution >= 4 is 31.9 Å². The lowest BCUT2D eigenvalue weighted by molar-refractivity contribution is -0.235. The second-order valence-corrected chi connectivity index (χ2v) is 8.88. The van der Waals surface area contributed by atoms with E-state index < -0.39 is 11.2 Å². The molecule has 2 aromatic rings. The zero-order valence-electron chi connectivity index (χ0n) is 13.6. The Morgan fingerprint density at radius 1 is 0.720 bits per heavy atom. The molecule has 0 heterocycles. The predicted octanol–water partition coefficient (Wildman–Crippen LogP) is 6.97. The van der Waals surface area contributed by atoms with E-state index in [1.54, 1.807) is 12.1 Å². The SMILES string of the molecule is Fc1cc(Br)ccc1C1(OC2(c3ccc(Br)cc3F)CCC2)CCC1. The van der Waals surface area contributed by atoms with E-state index in [0.29, 0.717) is 20.1 Å². The van der Waals surface area contributed by atoms with Crippen molar-refractivity contribution in [2.75, 3.05) is 0 Å². The van der Waals surface area contributed by atoms with Crippen molar-refractivity contribution in [3.63, 3.8) is 0 Å². The van der Waals surface area contributed by atoms with Gasteiger partial charge in [0.15, 0.2) is 0 Å². The van der Waals surface area contributed by atoms with Crippen LogP contribution in [0.2, 0.25) is 0 Å². The molecule has 0 aromatic heterocycles. The molecule has 25 heavy (non-hydrogen) atoms. The van der Waals surface area contributed by atoms with Crippen molar-refractivity contribution in [2.24, 2.45) is 0 Å². The number of benzene rings is 2. The third-order valence-corrected chi connectivity index (χ3v) is 6.54. The van der Waals surface area contributed by atoms with Gasteiger partial charge >= 0.3 is 0 Å². The second kappa shape index (κ2) is 6.43. The van der Waals surface area contributed by atoms with Crippen molar-refractivity contribution in [3.05, 3.63) is 68.1 Å². The molecule has 2 aliphatic carbocycles. The first-order valence-corrected chi connectivity index (χ1v) is 10.1. The minimum absolute atomic E-state index is 0.264. The highest BCUT2D eigenvalue weighted by molar-refractivity contribution is 9.10. The lowest BCUT2D eigenvalue weighted by Gasteiger charge is -2.53. The molecule has 0 bridgehead atoms. The van der Waals surface area contributed by atoms with Crippen LogP contribution in [0.15, 0.2) is 45.3 Å². The molecule has 0 amide bonds. The summed E-state index contributed by atoms with van der Waals surface area (Å²) < 4.78 is 37.2. The first kappa shape index (κ1) is 17.6. The summed E-state index contributed by atoms with van der Waals surface area (Å²) in [5.41, 5.74) is -0.119. The van der Waals surface area contributed by atoms with E-state index in [9.17, 15) is 8.78 Å².